The summed E-state index contributed by atoms with van der Waals surface area (Å²) >= 11 is 1.57. The van der Waals surface area contributed by atoms with Crippen molar-refractivity contribution >= 4 is 66.1 Å². The number of nitrogens with zero attached hydrogens (tertiary/aromatic N) is 5. The molecular weight excluding hydrogens is 989 g/mol. The molecule has 0 bridgehead atoms. The number of likely N-dealkylation sites (N-methyl/N-ethyl adjacent to an activating group) is 1. The van der Waals surface area contributed by atoms with Gasteiger partial charge in [0.25, 0.3) is 5.91 Å². The molecule has 2 aliphatic rings. The number of ketones is 1. The Labute approximate surface area is 451 Å². The van der Waals surface area contributed by atoms with Crippen LogP contribution in [0.1, 0.15) is 147 Å². The zero-order valence-corrected chi connectivity index (χ0v) is 46.4. The molecule has 3 aromatic carbocycles. The number of carbonyl (C=O) groups is 6. The SMILES string of the molecule is Cc1ncsc1-c1ccc([C@H](C)NC(=O)[C@@H]2C[C@@H](O)CN2C(=O)[C@@H](NC(=O)CCCCCCC(=O)c2ccc(C(=O)Nc3n[nH]c4c3CN(C(=O)N[C@H](CN(C)C)c3ccccc3)C4(C)C)cc2)C(C)(C)C)cc1.S. The maximum absolute atomic E-state index is 14.1. The number of H-pyrrole nitrogens is 1. The fraction of sp³-hybridized carbons (Fsp3) is 0.464. The van der Waals surface area contributed by atoms with Gasteiger partial charge in [-0.1, -0.05) is 100 Å². The second kappa shape index (κ2) is 25.0. The lowest BCUT2D eigenvalue weighted by molar-refractivity contribution is -0.144. The summed E-state index contributed by atoms with van der Waals surface area (Å²) in [6.45, 7) is 14.1. The van der Waals surface area contributed by atoms with E-state index in [0.717, 1.165) is 38.5 Å². The van der Waals surface area contributed by atoms with Gasteiger partial charge in [0.1, 0.15) is 12.1 Å². The van der Waals surface area contributed by atoms with Gasteiger partial charge in [0.2, 0.25) is 17.7 Å². The highest BCUT2D eigenvalue weighted by atomic mass is 32.1. The van der Waals surface area contributed by atoms with Crippen LogP contribution in [0.25, 0.3) is 10.4 Å². The normalized spacial score (nSPS) is 17.1. The monoisotopic (exact) mass is 1060 g/mol. The van der Waals surface area contributed by atoms with Crippen molar-refractivity contribution < 1.29 is 33.9 Å². The van der Waals surface area contributed by atoms with Crippen molar-refractivity contribution in [3.05, 3.63) is 124 Å². The van der Waals surface area contributed by atoms with Gasteiger partial charge in [-0.2, -0.15) is 18.6 Å². The largest absolute Gasteiger partial charge is 0.391 e. The van der Waals surface area contributed by atoms with Crippen LogP contribution in [0.2, 0.25) is 0 Å². The van der Waals surface area contributed by atoms with E-state index in [2.05, 4.69) is 36.4 Å². The van der Waals surface area contributed by atoms with E-state index in [0.29, 0.717) is 55.6 Å². The number of anilines is 1. The first-order chi connectivity index (χ1) is 35.1. The molecule has 75 heavy (non-hydrogen) atoms. The maximum Gasteiger partial charge on any atom is 0.319 e. The van der Waals surface area contributed by atoms with E-state index < -0.39 is 41.0 Å². The average Bonchev–Trinajstić information content (AvgIpc) is 4.15. The first kappa shape index (κ1) is 57.9. The Balaban J connectivity index is 0.00000914. The molecule has 5 aromatic rings. The molecule has 0 radical (unpaired) electrons. The standard InChI is InChI=1S/C56H72N10O7S.H2S/c1-34(36-21-25-39(26-22-36)47-35(2)57-33-74-47)58-52(71)44-29-41(67)30-65(44)53(72)49(55(3,4)5)60-46(69)20-16-11-10-15-19-45(68)38-23-27-40(28-24-38)51(70)61-50-42-31-66(56(6,7)48(42)62-63-50)54(73)59-43(32-64(8)9)37-17-13-12-14-18-37;/h12-14,17-18,21-28,33-34,41,43-44,49,67H,10-11,15-16,19-20,29-32H2,1-9H3,(H,58,71)(H,59,73)(H,60,69)(H2,61,62,63,70);1H2/t34-,41+,43+,44-,49+;/m0./s1. The molecule has 0 unspecified atom stereocenters. The third kappa shape index (κ3) is 14.1. The van der Waals surface area contributed by atoms with Crippen LogP contribution in [0.4, 0.5) is 10.6 Å². The number of aromatic amines is 1. The number of hydrogen-bond acceptors (Lipinski definition) is 11. The third-order valence-electron chi connectivity index (χ3n) is 14.1. The number of thiazole rings is 1. The minimum Gasteiger partial charge on any atom is -0.391 e. The van der Waals surface area contributed by atoms with Crippen molar-refractivity contribution in [3.63, 3.8) is 0 Å². The number of rotatable bonds is 20. The molecule has 6 amide bonds. The van der Waals surface area contributed by atoms with Gasteiger partial charge in [-0.15, -0.1) is 11.3 Å². The smallest absolute Gasteiger partial charge is 0.319 e. The Kier molecular flexibility index (Phi) is 19.3. The highest BCUT2D eigenvalue weighted by molar-refractivity contribution is 7.59. The number of aryl methyl sites for hydroxylation is 1. The number of benzene rings is 3. The molecule has 2 aliphatic heterocycles. The van der Waals surface area contributed by atoms with Crippen molar-refractivity contribution in [1.82, 2.24) is 45.8 Å². The number of carbonyl (C=O) groups excluding carboxylic acids is 6. The number of aliphatic hydroxyl groups excluding tert-OH is 1. The van der Waals surface area contributed by atoms with Gasteiger partial charge in [-0.3, -0.25) is 29.1 Å². The molecule has 0 saturated carbocycles. The molecule has 6 N–H and O–H groups in total. The highest BCUT2D eigenvalue weighted by Crippen LogP contribution is 2.41. The summed E-state index contributed by atoms with van der Waals surface area (Å²) in [7, 11) is 3.93. The zero-order chi connectivity index (χ0) is 53.5. The van der Waals surface area contributed by atoms with Crippen molar-refractivity contribution in [3.8, 4) is 10.4 Å². The van der Waals surface area contributed by atoms with Gasteiger partial charge in [0, 0.05) is 49.0 Å². The van der Waals surface area contributed by atoms with Crippen molar-refractivity contribution in [2.45, 2.75) is 136 Å². The molecule has 4 heterocycles. The summed E-state index contributed by atoms with van der Waals surface area (Å²) < 4.78 is 0. The number of urea groups is 1. The Bertz CT molecular complexity index is 2790. The van der Waals surface area contributed by atoms with Crippen LogP contribution in [0.15, 0.2) is 84.4 Å². The summed E-state index contributed by atoms with van der Waals surface area (Å²) in [5.74, 6) is -1.19. The summed E-state index contributed by atoms with van der Waals surface area (Å²) in [5.41, 5.74) is 6.59. The van der Waals surface area contributed by atoms with E-state index >= 15 is 0 Å². The number of β-amino-alcohol motifs (C(OH)–C–C–N with tert-alkyl or cyclic N) is 1. The first-order valence-electron chi connectivity index (χ1n) is 25.5. The van der Waals surface area contributed by atoms with Gasteiger partial charge in [0.15, 0.2) is 11.6 Å². The van der Waals surface area contributed by atoms with Crippen LogP contribution in [-0.2, 0) is 26.5 Å². The maximum atomic E-state index is 14.1. The summed E-state index contributed by atoms with van der Waals surface area (Å²) in [5, 5.41) is 30.2. The van der Waals surface area contributed by atoms with E-state index in [-0.39, 0.29) is 75.1 Å². The average molecular weight is 1060 g/mol. The van der Waals surface area contributed by atoms with Crippen LogP contribution < -0.4 is 21.3 Å². The number of fused-ring (bicyclic) bond motifs is 1. The van der Waals surface area contributed by atoms with Crippen molar-refractivity contribution in [2.24, 2.45) is 5.41 Å². The predicted octanol–water partition coefficient (Wildman–Crippen LogP) is 8.16. The van der Waals surface area contributed by atoms with Gasteiger partial charge in [0.05, 0.1) is 52.0 Å². The number of hydrogen-bond donors (Lipinski definition) is 6. The molecule has 2 aromatic heterocycles. The number of Topliss-reactive ketones (excluding diaryl/α,β-unsaturated/α-hetero) is 1. The quantitative estimate of drug-likeness (QED) is 0.0324. The lowest BCUT2D eigenvalue weighted by Gasteiger charge is -2.35. The molecule has 19 heteroatoms. The summed E-state index contributed by atoms with van der Waals surface area (Å²) in [6, 6.07) is 21.6. The van der Waals surface area contributed by atoms with Crippen LogP contribution in [0.3, 0.4) is 0 Å². The Morgan fingerprint density at radius 2 is 1.52 bits per heavy atom. The van der Waals surface area contributed by atoms with Gasteiger partial charge in [-0.05, 0) is 88.9 Å². The van der Waals surface area contributed by atoms with Crippen molar-refractivity contribution in [2.75, 3.05) is 32.5 Å². The molecular formula is C56H74N10O7S2. The molecule has 402 valence electrons. The fourth-order valence-corrected chi connectivity index (χ4v) is 10.6. The molecule has 1 fully saturated rings. The molecule has 5 atom stereocenters. The Morgan fingerprint density at radius 3 is 2.15 bits per heavy atom. The van der Waals surface area contributed by atoms with E-state index in [1.165, 1.54) is 4.90 Å². The molecule has 1 saturated heterocycles. The highest BCUT2D eigenvalue weighted by Gasteiger charge is 2.46. The van der Waals surface area contributed by atoms with Crippen LogP contribution in [0, 0.1) is 12.3 Å². The molecule has 0 aliphatic carbocycles. The number of likely N-dealkylation sites (tertiary alicyclic amines) is 1. The number of unbranched alkanes of at least 4 members (excludes halogenated alkanes) is 3. The van der Waals surface area contributed by atoms with E-state index in [1.54, 1.807) is 40.5 Å². The lowest BCUT2D eigenvalue weighted by Crippen LogP contribution is -2.57. The number of amides is 6. The molecule has 17 nitrogen and oxygen atoms in total. The van der Waals surface area contributed by atoms with Crippen LogP contribution >= 0.6 is 24.8 Å². The minimum absolute atomic E-state index is 0. The van der Waals surface area contributed by atoms with Crippen LogP contribution in [0.5, 0.6) is 0 Å². The fourth-order valence-electron chi connectivity index (χ4n) is 9.76. The third-order valence-corrected chi connectivity index (χ3v) is 15.1. The number of nitrogens with one attached hydrogen (secondary N) is 5. The molecule has 0 spiro atoms. The van der Waals surface area contributed by atoms with Gasteiger partial charge in [-0.25, -0.2) is 9.78 Å². The van der Waals surface area contributed by atoms with Gasteiger partial charge < -0.3 is 41.1 Å². The van der Waals surface area contributed by atoms with Crippen molar-refractivity contribution in [1.29, 1.82) is 0 Å². The summed E-state index contributed by atoms with van der Waals surface area (Å²) in [6.07, 6.45) is 2.27. The topological polar surface area (TPSA) is 222 Å². The van der Waals surface area contributed by atoms with Crippen LogP contribution in [-0.4, -0.2) is 116 Å². The lowest BCUT2D eigenvalue weighted by atomic mass is 9.85. The Hall–Kier alpha value is -6.41. The second-order valence-electron chi connectivity index (χ2n) is 21.5. The van der Waals surface area contributed by atoms with E-state index in [9.17, 15) is 33.9 Å². The summed E-state index contributed by atoms with van der Waals surface area (Å²) in [4.78, 5) is 92.1. The van der Waals surface area contributed by atoms with Gasteiger partial charge >= 0.3 is 6.03 Å². The van der Waals surface area contributed by atoms with E-state index in [1.807, 2.05) is 128 Å². The number of aliphatic hydroxyl groups is 1. The number of aromatic nitrogens is 3. The second-order valence-corrected chi connectivity index (χ2v) is 22.4. The minimum atomic E-state index is -0.928. The molecule has 7 rings (SSSR count). The van der Waals surface area contributed by atoms with E-state index in [4.69, 9.17) is 0 Å². The predicted molar refractivity (Wildman–Crippen MR) is 297 cm³/mol. The Morgan fingerprint density at radius 1 is 0.867 bits per heavy atom. The first-order valence-corrected chi connectivity index (χ1v) is 26.4. The zero-order valence-electron chi connectivity index (χ0n) is 44.6.